The van der Waals surface area contributed by atoms with Crippen molar-refractivity contribution in [3.05, 3.63) is 82.3 Å². The topological polar surface area (TPSA) is 34.9 Å². The van der Waals surface area contributed by atoms with E-state index in [1.54, 1.807) is 29.1 Å². The van der Waals surface area contributed by atoms with E-state index in [1.165, 1.54) is 6.07 Å². The fraction of sp³-hybridized carbons (Fsp3) is 0. The van der Waals surface area contributed by atoms with Crippen LogP contribution >= 0.6 is 15.9 Å². The molecule has 0 spiro atoms. The van der Waals surface area contributed by atoms with Gasteiger partial charge in [0.1, 0.15) is 11.5 Å². The van der Waals surface area contributed by atoms with Gasteiger partial charge in [-0.2, -0.15) is 5.10 Å². The van der Waals surface area contributed by atoms with Crippen molar-refractivity contribution in [2.24, 2.45) is 0 Å². The van der Waals surface area contributed by atoms with Gasteiger partial charge in [0.15, 0.2) is 0 Å². The molecule has 1 aromatic heterocycles. The van der Waals surface area contributed by atoms with Gasteiger partial charge in [0.25, 0.3) is 0 Å². The third-order valence-corrected chi connectivity index (χ3v) is 3.65. The molecule has 2 aromatic carbocycles. The van der Waals surface area contributed by atoms with Crippen molar-refractivity contribution >= 4 is 21.7 Å². The molecule has 0 saturated carbocycles. The molecule has 0 bridgehead atoms. The smallest absolute Gasteiger partial charge is 0.216 e. The van der Waals surface area contributed by atoms with Crippen molar-refractivity contribution in [1.29, 1.82) is 0 Å². The lowest BCUT2D eigenvalue weighted by Crippen LogP contribution is -2.06. The zero-order chi connectivity index (χ0) is 14.8. The molecular formula is C16H10BrFN2O. The number of rotatable bonds is 3. The third-order valence-electron chi connectivity index (χ3n) is 3.04. The number of hydrogen-bond acceptors (Lipinski definition) is 2. The highest BCUT2D eigenvalue weighted by Crippen LogP contribution is 2.21. The molecular weight excluding hydrogens is 335 g/mol. The Bertz CT molecular complexity index is 799. The molecule has 104 valence electrons. The molecule has 0 aliphatic rings. The number of benzene rings is 2. The second kappa shape index (κ2) is 5.61. The van der Waals surface area contributed by atoms with E-state index < -0.39 is 11.6 Å². The molecule has 0 aliphatic heterocycles. The second-order valence-electron chi connectivity index (χ2n) is 4.41. The molecule has 0 N–H and O–H groups in total. The average molecular weight is 345 g/mol. The Balaban J connectivity index is 1.97. The van der Waals surface area contributed by atoms with E-state index in [0.29, 0.717) is 0 Å². The Labute approximate surface area is 129 Å². The quantitative estimate of drug-likeness (QED) is 0.673. The number of carbonyl (C=O) groups excluding carboxylic acids is 1. The SMILES string of the molecule is O=C(c1ccn(-c2ccccc2)n1)c1cccc(Br)c1F. The van der Waals surface area contributed by atoms with Gasteiger partial charge < -0.3 is 0 Å². The zero-order valence-electron chi connectivity index (χ0n) is 10.8. The van der Waals surface area contributed by atoms with Crippen molar-refractivity contribution in [3.63, 3.8) is 0 Å². The van der Waals surface area contributed by atoms with Crippen LogP contribution in [0, 0.1) is 5.82 Å². The van der Waals surface area contributed by atoms with Gasteiger partial charge in [-0.3, -0.25) is 4.79 Å². The second-order valence-corrected chi connectivity index (χ2v) is 5.27. The van der Waals surface area contributed by atoms with Gasteiger partial charge in [0.2, 0.25) is 5.78 Å². The van der Waals surface area contributed by atoms with Crippen LogP contribution in [-0.2, 0) is 0 Å². The van der Waals surface area contributed by atoms with Gasteiger partial charge >= 0.3 is 0 Å². The summed E-state index contributed by atoms with van der Waals surface area (Å²) in [4.78, 5) is 12.3. The summed E-state index contributed by atoms with van der Waals surface area (Å²) in [7, 11) is 0. The highest BCUT2D eigenvalue weighted by atomic mass is 79.9. The van der Waals surface area contributed by atoms with Crippen LogP contribution in [0.4, 0.5) is 4.39 Å². The maximum Gasteiger partial charge on any atom is 0.216 e. The predicted octanol–water partition coefficient (Wildman–Crippen LogP) is 4.00. The van der Waals surface area contributed by atoms with Crippen molar-refractivity contribution in [2.45, 2.75) is 0 Å². The van der Waals surface area contributed by atoms with E-state index >= 15 is 0 Å². The third kappa shape index (κ3) is 2.64. The van der Waals surface area contributed by atoms with Gasteiger partial charge in [0.05, 0.1) is 15.7 Å². The van der Waals surface area contributed by atoms with Crippen LogP contribution in [-0.4, -0.2) is 15.6 Å². The van der Waals surface area contributed by atoms with E-state index in [0.717, 1.165) is 5.69 Å². The predicted molar refractivity (Wildman–Crippen MR) is 81.1 cm³/mol. The number of halogens is 2. The maximum absolute atomic E-state index is 14.0. The Morgan fingerprint density at radius 3 is 2.57 bits per heavy atom. The van der Waals surface area contributed by atoms with Crippen LogP contribution in [0.25, 0.3) is 5.69 Å². The lowest BCUT2D eigenvalue weighted by Gasteiger charge is -2.02. The summed E-state index contributed by atoms with van der Waals surface area (Å²) in [6.45, 7) is 0. The fourth-order valence-electron chi connectivity index (χ4n) is 1.99. The number of carbonyl (C=O) groups is 1. The van der Waals surface area contributed by atoms with Crippen LogP contribution in [0.2, 0.25) is 0 Å². The summed E-state index contributed by atoms with van der Waals surface area (Å²) in [6, 6.07) is 15.6. The van der Waals surface area contributed by atoms with E-state index in [1.807, 2.05) is 30.3 Å². The van der Waals surface area contributed by atoms with E-state index in [2.05, 4.69) is 21.0 Å². The number of para-hydroxylation sites is 1. The summed E-state index contributed by atoms with van der Waals surface area (Å²) >= 11 is 3.08. The fourth-order valence-corrected chi connectivity index (χ4v) is 2.35. The normalized spacial score (nSPS) is 10.6. The van der Waals surface area contributed by atoms with Gasteiger partial charge in [0, 0.05) is 6.20 Å². The molecule has 0 atom stereocenters. The van der Waals surface area contributed by atoms with Crippen LogP contribution < -0.4 is 0 Å². The van der Waals surface area contributed by atoms with E-state index in [9.17, 15) is 9.18 Å². The molecule has 3 rings (SSSR count). The molecule has 5 heteroatoms. The number of hydrogen-bond donors (Lipinski definition) is 0. The minimum atomic E-state index is -0.572. The number of nitrogens with zero attached hydrogens (tertiary/aromatic N) is 2. The standard InChI is InChI=1S/C16H10BrFN2O/c17-13-8-4-7-12(15(13)18)16(21)14-9-10-20(19-14)11-5-2-1-3-6-11/h1-10H. The van der Waals surface area contributed by atoms with Gasteiger partial charge in [-0.25, -0.2) is 9.07 Å². The molecule has 0 fully saturated rings. The Kier molecular flexibility index (Phi) is 3.66. The lowest BCUT2D eigenvalue weighted by molar-refractivity contribution is 0.103. The van der Waals surface area contributed by atoms with Gasteiger partial charge in [-0.05, 0) is 46.3 Å². The molecule has 21 heavy (non-hydrogen) atoms. The first kappa shape index (κ1) is 13.7. The molecule has 0 radical (unpaired) electrons. The largest absolute Gasteiger partial charge is 0.287 e. The maximum atomic E-state index is 14.0. The molecule has 0 saturated heterocycles. The Morgan fingerprint density at radius 2 is 1.81 bits per heavy atom. The molecule has 0 unspecified atom stereocenters. The first-order valence-electron chi connectivity index (χ1n) is 6.26. The Morgan fingerprint density at radius 1 is 1.05 bits per heavy atom. The number of ketones is 1. The van der Waals surface area contributed by atoms with Crippen molar-refractivity contribution in [1.82, 2.24) is 9.78 Å². The summed E-state index contributed by atoms with van der Waals surface area (Å²) in [5.41, 5.74) is 1.05. The summed E-state index contributed by atoms with van der Waals surface area (Å²) in [6.07, 6.45) is 1.68. The zero-order valence-corrected chi connectivity index (χ0v) is 12.4. The molecule has 3 nitrogen and oxygen atoms in total. The van der Waals surface area contributed by atoms with Crippen molar-refractivity contribution < 1.29 is 9.18 Å². The van der Waals surface area contributed by atoms with Crippen LogP contribution in [0.15, 0.2) is 65.3 Å². The molecule has 0 amide bonds. The molecule has 1 heterocycles. The number of aromatic nitrogens is 2. The van der Waals surface area contributed by atoms with Crippen molar-refractivity contribution in [2.75, 3.05) is 0 Å². The first-order valence-corrected chi connectivity index (χ1v) is 7.06. The Hall–Kier alpha value is -2.27. The van der Waals surface area contributed by atoms with Crippen LogP contribution in [0.3, 0.4) is 0 Å². The van der Waals surface area contributed by atoms with Crippen molar-refractivity contribution in [3.8, 4) is 5.69 Å². The summed E-state index contributed by atoms with van der Waals surface area (Å²) in [5.74, 6) is -1.01. The van der Waals surface area contributed by atoms with Gasteiger partial charge in [-0.15, -0.1) is 0 Å². The van der Waals surface area contributed by atoms with Crippen LogP contribution in [0.5, 0.6) is 0 Å². The first-order chi connectivity index (χ1) is 10.2. The lowest BCUT2D eigenvalue weighted by atomic mass is 10.1. The van der Waals surface area contributed by atoms with Gasteiger partial charge in [-0.1, -0.05) is 24.3 Å². The average Bonchev–Trinajstić information content (AvgIpc) is 3.00. The van der Waals surface area contributed by atoms with E-state index in [4.69, 9.17) is 0 Å². The molecule has 3 aromatic rings. The molecule has 0 aliphatic carbocycles. The highest BCUT2D eigenvalue weighted by Gasteiger charge is 2.18. The summed E-state index contributed by atoms with van der Waals surface area (Å²) < 4.78 is 15.8. The minimum absolute atomic E-state index is 0.00249. The minimum Gasteiger partial charge on any atom is -0.287 e. The monoisotopic (exact) mass is 344 g/mol. The van der Waals surface area contributed by atoms with E-state index in [-0.39, 0.29) is 15.7 Å². The highest BCUT2D eigenvalue weighted by molar-refractivity contribution is 9.10. The van der Waals surface area contributed by atoms with Crippen LogP contribution in [0.1, 0.15) is 16.1 Å². The summed E-state index contributed by atoms with van der Waals surface area (Å²) in [5, 5.41) is 4.21.